The molecule has 1 fully saturated rings. The number of hydrogen-bond acceptors (Lipinski definition) is 5. The van der Waals surface area contributed by atoms with Crippen LogP contribution in [0, 0.1) is 6.92 Å². The van der Waals surface area contributed by atoms with Crippen molar-refractivity contribution in [3.63, 3.8) is 0 Å². The molecule has 3 aromatic rings. The summed E-state index contributed by atoms with van der Waals surface area (Å²) in [7, 11) is 3.00. The Labute approximate surface area is 192 Å². The lowest BCUT2D eigenvalue weighted by Crippen LogP contribution is -2.55. The molecular formula is C26H25NO4S. The zero-order chi connectivity index (χ0) is 22.7. The molecule has 164 valence electrons. The Bertz CT molecular complexity index is 1100. The second-order valence-corrected chi connectivity index (χ2v) is 8.88. The van der Waals surface area contributed by atoms with E-state index in [-0.39, 0.29) is 17.6 Å². The SMILES string of the molecule is COC(=O)[C@]1(c2ccccc2)SCC(=O)N(c2ccc(OC)cc2)[C@H]1c1ccc(C)cc1. The number of esters is 1. The Morgan fingerprint density at radius 3 is 2.22 bits per heavy atom. The molecule has 1 saturated heterocycles. The summed E-state index contributed by atoms with van der Waals surface area (Å²) in [5, 5.41) is 0. The summed E-state index contributed by atoms with van der Waals surface area (Å²) in [5.41, 5.74) is 3.46. The van der Waals surface area contributed by atoms with Crippen LogP contribution in [-0.2, 0) is 19.1 Å². The largest absolute Gasteiger partial charge is 0.497 e. The summed E-state index contributed by atoms with van der Waals surface area (Å²) in [6.45, 7) is 2.01. The van der Waals surface area contributed by atoms with E-state index in [2.05, 4.69) is 0 Å². The van der Waals surface area contributed by atoms with Gasteiger partial charge in [-0.1, -0.05) is 60.2 Å². The predicted molar refractivity (Wildman–Crippen MR) is 127 cm³/mol. The maximum Gasteiger partial charge on any atom is 0.329 e. The molecule has 5 nitrogen and oxygen atoms in total. The molecule has 0 bridgehead atoms. The number of rotatable bonds is 5. The van der Waals surface area contributed by atoms with Crippen molar-refractivity contribution < 1.29 is 19.1 Å². The standard InChI is InChI=1S/C26H25NO4S/c1-18-9-11-19(12-10-18)24-26(25(29)31-3,20-7-5-4-6-8-20)32-17-23(28)27(24)21-13-15-22(30-2)16-14-21/h4-16,24H,17H2,1-3H3/t24-,26+/m0/s1. The molecule has 0 aliphatic carbocycles. The lowest BCUT2D eigenvalue weighted by atomic mass is 9.83. The van der Waals surface area contributed by atoms with Crippen LogP contribution in [-0.4, -0.2) is 31.8 Å². The highest BCUT2D eigenvalue weighted by molar-refractivity contribution is 8.01. The Balaban J connectivity index is 1.98. The van der Waals surface area contributed by atoms with Crippen LogP contribution in [0.3, 0.4) is 0 Å². The lowest BCUT2D eigenvalue weighted by molar-refractivity contribution is -0.144. The number of anilines is 1. The minimum atomic E-state index is -1.13. The number of thioether (sulfide) groups is 1. The zero-order valence-corrected chi connectivity index (χ0v) is 19.1. The average Bonchev–Trinajstić information content (AvgIpc) is 2.84. The van der Waals surface area contributed by atoms with E-state index in [0.717, 1.165) is 16.7 Å². The van der Waals surface area contributed by atoms with Crippen molar-refractivity contribution in [2.75, 3.05) is 24.9 Å². The van der Waals surface area contributed by atoms with Gasteiger partial charge in [0.2, 0.25) is 5.91 Å². The highest BCUT2D eigenvalue weighted by Gasteiger charge is 2.56. The number of methoxy groups -OCH3 is 2. The van der Waals surface area contributed by atoms with Gasteiger partial charge < -0.3 is 14.4 Å². The first-order valence-corrected chi connectivity index (χ1v) is 11.3. The van der Waals surface area contributed by atoms with Gasteiger partial charge in [-0.15, -0.1) is 11.8 Å². The first-order chi connectivity index (χ1) is 15.5. The summed E-state index contributed by atoms with van der Waals surface area (Å²) in [6.07, 6.45) is 0. The lowest BCUT2D eigenvalue weighted by Gasteiger charge is -2.47. The van der Waals surface area contributed by atoms with Gasteiger partial charge in [0.15, 0.2) is 4.75 Å². The molecule has 1 aliphatic rings. The van der Waals surface area contributed by atoms with Crippen LogP contribution in [0.15, 0.2) is 78.9 Å². The molecule has 0 spiro atoms. The summed E-state index contributed by atoms with van der Waals surface area (Å²) in [5.74, 6) is 0.395. The van der Waals surface area contributed by atoms with Gasteiger partial charge in [0.25, 0.3) is 0 Å². The van der Waals surface area contributed by atoms with E-state index < -0.39 is 10.8 Å². The fourth-order valence-electron chi connectivity index (χ4n) is 4.19. The zero-order valence-electron chi connectivity index (χ0n) is 18.3. The topological polar surface area (TPSA) is 55.8 Å². The van der Waals surface area contributed by atoms with E-state index in [0.29, 0.717) is 11.4 Å². The van der Waals surface area contributed by atoms with Gasteiger partial charge in [-0.2, -0.15) is 0 Å². The number of amides is 1. The monoisotopic (exact) mass is 447 g/mol. The van der Waals surface area contributed by atoms with Crippen LogP contribution in [0.25, 0.3) is 0 Å². The normalized spacial score (nSPS) is 20.7. The number of nitrogens with zero attached hydrogens (tertiary/aromatic N) is 1. The molecule has 6 heteroatoms. The molecule has 2 atom stereocenters. The van der Waals surface area contributed by atoms with E-state index >= 15 is 0 Å². The van der Waals surface area contributed by atoms with Crippen LogP contribution in [0.5, 0.6) is 5.75 Å². The van der Waals surface area contributed by atoms with Crippen molar-refractivity contribution in [1.29, 1.82) is 0 Å². The van der Waals surface area contributed by atoms with E-state index in [9.17, 15) is 9.59 Å². The molecule has 1 amide bonds. The first kappa shape index (κ1) is 22.0. The molecule has 0 unspecified atom stereocenters. The second kappa shape index (κ2) is 9.09. The van der Waals surface area contributed by atoms with Gasteiger partial charge in [-0.05, 0) is 42.3 Å². The third-order valence-corrected chi connectivity index (χ3v) is 7.24. The van der Waals surface area contributed by atoms with Gasteiger partial charge >= 0.3 is 5.97 Å². The summed E-state index contributed by atoms with van der Waals surface area (Å²) in [6, 6.07) is 24.3. The summed E-state index contributed by atoms with van der Waals surface area (Å²) >= 11 is 1.33. The fraction of sp³-hybridized carbons (Fsp3) is 0.231. The maximum absolute atomic E-state index is 13.5. The van der Waals surface area contributed by atoms with E-state index in [1.54, 1.807) is 12.0 Å². The van der Waals surface area contributed by atoms with Crippen molar-refractivity contribution in [2.45, 2.75) is 17.7 Å². The number of hydrogen-bond donors (Lipinski definition) is 0. The van der Waals surface area contributed by atoms with Gasteiger partial charge in [0.1, 0.15) is 5.75 Å². The quantitative estimate of drug-likeness (QED) is 0.521. The molecule has 3 aromatic carbocycles. The highest BCUT2D eigenvalue weighted by atomic mass is 32.2. The van der Waals surface area contributed by atoms with Crippen molar-refractivity contribution in [1.82, 2.24) is 0 Å². The molecular weight excluding hydrogens is 422 g/mol. The van der Waals surface area contributed by atoms with Crippen molar-refractivity contribution in [3.8, 4) is 5.75 Å². The second-order valence-electron chi connectivity index (χ2n) is 7.66. The molecule has 4 rings (SSSR count). The Kier molecular flexibility index (Phi) is 6.24. The summed E-state index contributed by atoms with van der Waals surface area (Å²) in [4.78, 5) is 28.6. The van der Waals surface area contributed by atoms with Gasteiger partial charge in [0.05, 0.1) is 26.0 Å². The molecule has 1 aliphatic heterocycles. The van der Waals surface area contributed by atoms with Crippen molar-refractivity contribution in [2.24, 2.45) is 0 Å². The Hall–Kier alpha value is -3.25. The fourth-order valence-corrected chi connectivity index (χ4v) is 5.58. The van der Waals surface area contributed by atoms with E-state index in [1.807, 2.05) is 85.8 Å². The Morgan fingerprint density at radius 2 is 1.62 bits per heavy atom. The number of aryl methyl sites for hydroxylation is 1. The number of benzene rings is 3. The van der Waals surface area contributed by atoms with Crippen LogP contribution in [0.4, 0.5) is 5.69 Å². The third-order valence-electron chi connectivity index (χ3n) is 5.77. The van der Waals surface area contributed by atoms with Gasteiger partial charge in [-0.3, -0.25) is 9.59 Å². The average molecular weight is 448 g/mol. The smallest absolute Gasteiger partial charge is 0.329 e. The highest BCUT2D eigenvalue weighted by Crippen LogP contribution is 2.54. The number of ether oxygens (including phenoxy) is 2. The molecule has 0 radical (unpaired) electrons. The van der Waals surface area contributed by atoms with Crippen LogP contribution < -0.4 is 9.64 Å². The summed E-state index contributed by atoms with van der Waals surface area (Å²) < 4.78 is 9.53. The minimum absolute atomic E-state index is 0.0683. The van der Waals surface area contributed by atoms with Gasteiger partial charge in [0, 0.05) is 5.69 Å². The van der Waals surface area contributed by atoms with E-state index in [4.69, 9.17) is 9.47 Å². The van der Waals surface area contributed by atoms with E-state index in [1.165, 1.54) is 18.9 Å². The molecule has 0 aromatic heterocycles. The minimum Gasteiger partial charge on any atom is -0.497 e. The Morgan fingerprint density at radius 1 is 0.969 bits per heavy atom. The van der Waals surface area contributed by atoms with Crippen molar-refractivity contribution >= 4 is 29.3 Å². The predicted octanol–water partition coefficient (Wildman–Crippen LogP) is 4.89. The molecule has 1 heterocycles. The van der Waals surface area contributed by atoms with Crippen LogP contribution in [0.2, 0.25) is 0 Å². The maximum atomic E-state index is 13.5. The number of carbonyl (C=O) groups excluding carboxylic acids is 2. The molecule has 0 N–H and O–H groups in total. The first-order valence-electron chi connectivity index (χ1n) is 10.3. The molecule has 32 heavy (non-hydrogen) atoms. The van der Waals surface area contributed by atoms with Crippen molar-refractivity contribution in [3.05, 3.63) is 95.6 Å². The number of carbonyl (C=O) groups is 2. The molecule has 0 saturated carbocycles. The van der Waals surface area contributed by atoms with Crippen LogP contribution in [0.1, 0.15) is 22.7 Å². The third kappa shape index (κ3) is 3.75. The van der Waals surface area contributed by atoms with Gasteiger partial charge in [-0.25, -0.2) is 0 Å². The van der Waals surface area contributed by atoms with Crippen LogP contribution >= 0.6 is 11.8 Å².